The van der Waals surface area contributed by atoms with Gasteiger partial charge in [0.1, 0.15) is 49.8 Å². The molecule has 0 unspecified atom stereocenters. The van der Waals surface area contributed by atoms with Crippen LogP contribution in [-0.4, -0.2) is 116 Å². The molecule has 2 aromatic carbocycles. The van der Waals surface area contributed by atoms with E-state index >= 15 is 0 Å². The van der Waals surface area contributed by atoms with E-state index < -0.39 is 109 Å². The Hall–Kier alpha value is -5.85. The summed E-state index contributed by atoms with van der Waals surface area (Å²) in [4.78, 5) is 86.4. The Labute approximate surface area is 359 Å². The van der Waals surface area contributed by atoms with Gasteiger partial charge in [0.2, 0.25) is 0 Å². The summed E-state index contributed by atoms with van der Waals surface area (Å²) in [6, 6.07) is 15.4. The third kappa shape index (κ3) is 16.2. The van der Waals surface area contributed by atoms with Crippen LogP contribution in [0.2, 0.25) is 0 Å². The van der Waals surface area contributed by atoms with Crippen LogP contribution in [0.4, 0.5) is 4.79 Å². The van der Waals surface area contributed by atoms with Crippen LogP contribution >= 0.6 is 0 Å². The number of nitrogens with one attached hydrogen (secondary N) is 1. The van der Waals surface area contributed by atoms with E-state index in [9.17, 15) is 33.6 Å². The molecule has 18 nitrogen and oxygen atoms in total. The second kappa shape index (κ2) is 22.8. The fourth-order valence-corrected chi connectivity index (χ4v) is 6.49. The Bertz CT molecular complexity index is 1890. The topological polar surface area (TPSA) is 224 Å². The number of carbonyl (C=O) groups excluding carboxylic acids is 7. The molecular formula is C44H55NO17. The van der Waals surface area contributed by atoms with Crippen molar-refractivity contribution >= 4 is 41.9 Å². The number of hydrogen-bond acceptors (Lipinski definition) is 17. The average molecular weight is 870 g/mol. The number of alkyl carbamates (subject to hydrolysis) is 1. The monoisotopic (exact) mass is 869 g/mol. The van der Waals surface area contributed by atoms with Crippen molar-refractivity contribution in [3.05, 3.63) is 83.4 Å². The van der Waals surface area contributed by atoms with Crippen LogP contribution in [-0.2, 0) is 95.6 Å². The van der Waals surface area contributed by atoms with Gasteiger partial charge in [-0.25, -0.2) is 9.59 Å². The maximum absolute atomic E-state index is 13.2. The van der Waals surface area contributed by atoms with Gasteiger partial charge < -0.3 is 52.7 Å². The standard InChI is InChI=1S/C44H55NO17/c1-25(46)53-23-36-35(60-42-40(58-29(5)50)39(57-28(4)49)38(56-27(3)48)37(61-42)24-54-26(2)47)19-18-33(59-36)20-30-14-16-31(17-15-30)21-34(45-43(52)62-44(6,7)8)41(51)55-22-32-12-10-9-11-13-32/h9-19,33-40,42H,20-24H2,1-8H3,(H,45,52)/t33-,34-,35-,36+,37+,38+,39-,40+,42-/m0/s1. The van der Waals surface area contributed by atoms with Crippen LogP contribution in [0.3, 0.4) is 0 Å². The minimum Gasteiger partial charge on any atom is -0.463 e. The molecule has 1 fully saturated rings. The zero-order valence-corrected chi connectivity index (χ0v) is 36.0. The molecule has 62 heavy (non-hydrogen) atoms. The highest BCUT2D eigenvalue weighted by atomic mass is 16.7. The molecule has 2 aliphatic rings. The zero-order chi connectivity index (χ0) is 45.6. The minimum absolute atomic E-state index is 0.0206. The molecule has 338 valence electrons. The highest BCUT2D eigenvalue weighted by molar-refractivity contribution is 5.82. The fraction of sp³-hybridized carbons (Fsp3) is 0.523. The summed E-state index contributed by atoms with van der Waals surface area (Å²) < 4.78 is 56.6. The molecule has 2 aliphatic heterocycles. The quantitative estimate of drug-likeness (QED) is 0.136. The van der Waals surface area contributed by atoms with E-state index in [0.29, 0.717) is 6.42 Å². The Kier molecular flexibility index (Phi) is 18.0. The van der Waals surface area contributed by atoms with Crippen molar-refractivity contribution in [2.24, 2.45) is 0 Å². The van der Waals surface area contributed by atoms with E-state index in [4.69, 9.17) is 47.4 Å². The van der Waals surface area contributed by atoms with Gasteiger partial charge in [-0.1, -0.05) is 66.7 Å². The Morgan fingerprint density at radius 3 is 1.77 bits per heavy atom. The Morgan fingerprint density at radius 2 is 1.19 bits per heavy atom. The molecule has 0 saturated carbocycles. The lowest BCUT2D eigenvalue weighted by molar-refractivity contribution is -0.320. The second-order valence-electron chi connectivity index (χ2n) is 15.6. The lowest BCUT2D eigenvalue weighted by Crippen LogP contribution is -2.63. The van der Waals surface area contributed by atoms with Gasteiger partial charge in [-0.05, 0) is 37.5 Å². The SMILES string of the molecule is CC(=O)OC[C@H]1O[C@H](O[C@H]2C=C[C@@H](Cc3ccc(C[C@H](NC(=O)OC(C)(C)C)C(=O)OCc4ccccc4)cc3)O[C@@H]2COC(C)=O)[C@H](OC(C)=O)[C@@H](OC(C)=O)[C@@H]1OC(C)=O. The van der Waals surface area contributed by atoms with Gasteiger partial charge in [0, 0.05) is 47.5 Å². The molecule has 2 heterocycles. The molecule has 0 aliphatic carbocycles. The molecule has 0 spiro atoms. The normalized spacial score (nSPS) is 23.7. The van der Waals surface area contributed by atoms with Gasteiger partial charge in [-0.2, -0.15) is 0 Å². The van der Waals surface area contributed by atoms with E-state index in [1.807, 2.05) is 54.6 Å². The number of hydrogen-bond donors (Lipinski definition) is 1. The molecule has 1 saturated heterocycles. The molecule has 0 bridgehead atoms. The third-order valence-electron chi connectivity index (χ3n) is 9.02. The maximum Gasteiger partial charge on any atom is 0.408 e. The third-order valence-corrected chi connectivity index (χ3v) is 9.02. The summed E-state index contributed by atoms with van der Waals surface area (Å²) in [6.45, 7) is 10.2. The van der Waals surface area contributed by atoms with Gasteiger partial charge in [-0.15, -0.1) is 0 Å². The van der Waals surface area contributed by atoms with E-state index in [1.165, 1.54) is 6.92 Å². The summed E-state index contributed by atoms with van der Waals surface area (Å²) in [5.41, 5.74) is 1.54. The number of ether oxygens (including phenoxy) is 10. The van der Waals surface area contributed by atoms with Gasteiger partial charge >= 0.3 is 41.9 Å². The first-order chi connectivity index (χ1) is 29.3. The lowest BCUT2D eigenvalue weighted by Gasteiger charge is -2.45. The van der Waals surface area contributed by atoms with Crippen LogP contribution in [0.25, 0.3) is 0 Å². The first kappa shape index (κ1) is 48.8. The number of esters is 6. The van der Waals surface area contributed by atoms with Crippen LogP contribution in [0.15, 0.2) is 66.7 Å². The first-order valence-corrected chi connectivity index (χ1v) is 20.0. The maximum atomic E-state index is 13.2. The molecule has 9 atom stereocenters. The highest BCUT2D eigenvalue weighted by Gasteiger charge is 2.53. The van der Waals surface area contributed by atoms with E-state index in [0.717, 1.165) is 44.4 Å². The van der Waals surface area contributed by atoms with Crippen molar-refractivity contribution in [3.63, 3.8) is 0 Å². The minimum atomic E-state index is -1.51. The first-order valence-electron chi connectivity index (χ1n) is 20.0. The van der Waals surface area contributed by atoms with Gasteiger partial charge in [0.05, 0.1) is 6.10 Å². The van der Waals surface area contributed by atoms with Gasteiger partial charge in [0.25, 0.3) is 0 Å². The predicted octanol–water partition coefficient (Wildman–Crippen LogP) is 3.76. The molecule has 1 N–H and O–H groups in total. The molecular weight excluding hydrogens is 814 g/mol. The summed E-state index contributed by atoms with van der Waals surface area (Å²) in [6.07, 6.45) is -6.55. The van der Waals surface area contributed by atoms with Crippen molar-refractivity contribution in [1.82, 2.24) is 5.32 Å². The van der Waals surface area contributed by atoms with Crippen LogP contribution < -0.4 is 5.32 Å². The molecule has 1 amide bonds. The largest absolute Gasteiger partial charge is 0.463 e. The van der Waals surface area contributed by atoms with Crippen molar-refractivity contribution in [2.45, 2.75) is 135 Å². The van der Waals surface area contributed by atoms with Crippen molar-refractivity contribution in [3.8, 4) is 0 Å². The van der Waals surface area contributed by atoms with Crippen LogP contribution in [0.1, 0.15) is 72.1 Å². The van der Waals surface area contributed by atoms with Crippen molar-refractivity contribution in [1.29, 1.82) is 0 Å². The average Bonchev–Trinajstić information content (AvgIpc) is 3.18. The van der Waals surface area contributed by atoms with E-state index in [1.54, 1.807) is 32.9 Å². The molecule has 4 rings (SSSR count). The van der Waals surface area contributed by atoms with E-state index in [2.05, 4.69) is 5.32 Å². The summed E-state index contributed by atoms with van der Waals surface area (Å²) in [5.74, 6) is -4.30. The second-order valence-corrected chi connectivity index (χ2v) is 15.6. The smallest absolute Gasteiger partial charge is 0.408 e. The van der Waals surface area contributed by atoms with Gasteiger partial charge in [0.15, 0.2) is 24.6 Å². The number of amides is 1. The molecule has 0 aromatic heterocycles. The highest BCUT2D eigenvalue weighted by Crippen LogP contribution is 2.32. The zero-order valence-electron chi connectivity index (χ0n) is 36.0. The van der Waals surface area contributed by atoms with Crippen molar-refractivity contribution < 1.29 is 80.9 Å². The van der Waals surface area contributed by atoms with Crippen molar-refractivity contribution in [2.75, 3.05) is 13.2 Å². The fourth-order valence-electron chi connectivity index (χ4n) is 6.49. The van der Waals surface area contributed by atoms with E-state index in [-0.39, 0.29) is 19.6 Å². The molecule has 18 heteroatoms. The van der Waals surface area contributed by atoms with Crippen LogP contribution in [0, 0.1) is 0 Å². The lowest BCUT2D eigenvalue weighted by atomic mass is 9.97. The van der Waals surface area contributed by atoms with Crippen LogP contribution in [0.5, 0.6) is 0 Å². The molecule has 2 aromatic rings. The Morgan fingerprint density at radius 1 is 0.629 bits per heavy atom. The number of carbonyl (C=O) groups is 7. The summed E-state index contributed by atoms with van der Waals surface area (Å²) in [7, 11) is 0. The molecule has 0 radical (unpaired) electrons. The van der Waals surface area contributed by atoms with Gasteiger partial charge in [-0.3, -0.25) is 24.0 Å². The Balaban J connectivity index is 1.53. The number of rotatable bonds is 17. The summed E-state index contributed by atoms with van der Waals surface area (Å²) in [5, 5.41) is 2.63. The number of benzene rings is 2. The predicted molar refractivity (Wildman–Crippen MR) is 215 cm³/mol. The summed E-state index contributed by atoms with van der Waals surface area (Å²) >= 11 is 0.